The molecule has 0 saturated heterocycles. The number of amides is 2. The normalized spacial score (nSPS) is 12.1. The molecule has 1 N–H and O–H groups in total. The van der Waals surface area contributed by atoms with Gasteiger partial charge in [0.1, 0.15) is 11.6 Å². The summed E-state index contributed by atoms with van der Waals surface area (Å²) in [6.45, 7) is 7.39. The Hall–Kier alpha value is -4.17. The number of likely N-dealkylation sites (N-methyl/N-ethyl adjacent to an activating group) is 1. The van der Waals surface area contributed by atoms with Crippen molar-refractivity contribution in [3.8, 4) is 11.4 Å². The Kier molecular flexibility index (Phi) is 9.22. The van der Waals surface area contributed by atoms with Crippen LogP contribution >= 0.6 is 0 Å². The standard InChI is InChI=1S/C32H39N5O3/c1-7-29(36(21-20-35(4)5)32(39)33-24-14-12-23(13-15-24)22(2)3)30-34-28-11-9-8-10-27(28)31(38)37(30)25-16-18-26(40-6)19-17-25/h8-19,22,29H,7,20-21H2,1-6H3,(H,33,39). The Morgan fingerprint density at radius 3 is 2.25 bits per heavy atom. The van der Waals surface area contributed by atoms with Crippen LogP contribution in [0.25, 0.3) is 16.6 Å². The van der Waals surface area contributed by atoms with Crippen LogP contribution in [0.4, 0.5) is 10.5 Å². The summed E-state index contributed by atoms with van der Waals surface area (Å²) in [6, 6.07) is 21.9. The third-order valence-corrected chi connectivity index (χ3v) is 7.07. The van der Waals surface area contributed by atoms with Crippen LogP contribution < -0.4 is 15.6 Å². The lowest BCUT2D eigenvalue weighted by Crippen LogP contribution is -2.43. The van der Waals surface area contributed by atoms with E-state index in [0.717, 1.165) is 5.69 Å². The third-order valence-electron chi connectivity index (χ3n) is 7.07. The first-order chi connectivity index (χ1) is 19.2. The van der Waals surface area contributed by atoms with Crippen molar-refractivity contribution in [1.29, 1.82) is 0 Å². The molecule has 0 fully saturated rings. The van der Waals surface area contributed by atoms with Crippen LogP contribution in [-0.2, 0) is 0 Å². The van der Waals surface area contributed by atoms with Gasteiger partial charge in [-0.15, -0.1) is 0 Å². The van der Waals surface area contributed by atoms with Crippen molar-refractivity contribution in [1.82, 2.24) is 19.4 Å². The van der Waals surface area contributed by atoms with E-state index in [9.17, 15) is 9.59 Å². The van der Waals surface area contributed by atoms with Crippen molar-refractivity contribution >= 4 is 22.6 Å². The number of carbonyl (C=O) groups is 1. The number of nitrogens with one attached hydrogen (secondary N) is 1. The Morgan fingerprint density at radius 1 is 0.975 bits per heavy atom. The largest absolute Gasteiger partial charge is 0.497 e. The highest BCUT2D eigenvalue weighted by molar-refractivity contribution is 5.89. The number of aromatic nitrogens is 2. The van der Waals surface area contributed by atoms with Gasteiger partial charge < -0.3 is 19.9 Å². The first-order valence-corrected chi connectivity index (χ1v) is 13.7. The molecule has 1 unspecified atom stereocenters. The van der Waals surface area contributed by atoms with Crippen molar-refractivity contribution in [3.05, 3.63) is 94.5 Å². The molecule has 0 saturated carbocycles. The number of fused-ring (bicyclic) bond motifs is 1. The Morgan fingerprint density at radius 2 is 1.65 bits per heavy atom. The van der Waals surface area contributed by atoms with Gasteiger partial charge in [-0.2, -0.15) is 0 Å². The molecule has 3 aromatic carbocycles. The number of carbonyl (C=O) groups excluding carboxylic acids is 1. The molecule has 8 nitrogen and oxygen atoms in total. The highest BCUT2D eigenvalue weighted by Crippen LogP contribution is 2.28. The Labute approximate surface area is 236 Å². The quantitative estimate of drug-likeness (QED) is 0.264. The molecule has 8 heteroatoms. The fraction of sp³-hybridized carbons (Fsp3) is 0.344. The van der Waals surface area contributed by atoms with Crippen LogP contribution in [0.3, 0.4) is 0 Å². The number of nitrogens with zero attached hydrogens (tertiary/aromatic N) is 4. The SMILES string of the molecule is CCC(c1nc2ccccc2c(=O)n1-c1ccc(OC)cc1)N(CCN(C)C)C(=O)Nc1ccc(C(C)C)cc1. The number of para-hydroxylation sites is 1. The van der Waals surface area contributed by atoms with E-state index in [1.807, 2.05) is 92.6 Å². The number of methoxy groups -OCH3 is 1. The third kappa shape index (κ3) is 6.34. The van der Waals surface area contributed by atoms with E-state index >= 15 is 0 Å². The minimum absolute atomic E-state index is 0.179. The summed E-state index contributed by atoms with van der Waals surface area (Å²) in [5.74, 6) is 1.61. The second-order valence-electron chi connectivity index (χ2n) is 10.5. The van der Waals surface area contributed by atoms with E-state index in [-0.39, 0.29) is 11.6 Å². The second kappa shape index (κ2) is 12.8. The van der Waals surface area contributed by atoms with E-state index < -0.39 is 6.04 Å². The van der Waals surface area contributed by atoms with E-state index in [2.05, 4.69) is 19.2 Å². The maximum Gasteiger partial charge on any atom is 0.322 e. The van der Waals surface area contributed by atoms with Gasteiger partial charge in [-0.1, -0.05) is 45.0 Å². The van der Waals surface area contributed by atoms with E-state index in [0.29, 0.717) is 53.6 Å². The lowest BCUT2D eigenvalue weighted by atomic mass is 10.0. The van der Waals surface area contributed by atoms with Gasteiger partial charge in [0, 0.05) is 18.8 Å². The lowest BCUT2D eigenvalue weighted by molar-refractivity contribution is 0.173. The molecule has 0 bridgehead atoms. The molecule has 4 aromatic rings. The molecule has 1 aromatic heterocycles. The highest BCUT2D eigenvalue weighted by atomic mass is 16.5. The van der Waals surface area contributed by atoms with Crippen molar-refractivity contribution in [2.75, 3.05) is 39.6 Å². The summed E-state index contributed by atoms with van der Waals surface area (Å²) in [6.07, 6.45) is 0.564. The average molecular weight is 542 g/mol. The predicted octanol–water partition coefficient (Wildman–Crippen LogP) is 6.06. The van der Waals surface area contributed by atoms with Gasteiger partial charge in [0.05, 0.1) is 29.7 Å². The molecule has 4 rings (SSSR count). The van der Waals surface area contributed by atoms with Crippen LogP contribution in [0.5, 0.6) is 5.75 Å². The van der Waals surface area contributed by atoms with Crippen LogP contribution in [0.2, 0.25) is 0 Å². The summed E-state index contributed by atoms with van der Waals surface area (Å²) in [5, 5.41) is 3.60. The van der Waals surface area contributed by atoms with Gasteiger partial charge in [0.25, 0.3) is 5.56 Å². The number of hydrogen-bond acceptors (Lipinski definition) is 5. The van der Waals surface area contributed by atoms with Crippen LogP contribution in [0, 0.1) is 0 Å². The molecule has 1 atom stereocenters. The summed E-state index contributed by atoms with van der Waals surface area (Å²) in [5.41, 5.74) is 3.01. The van der Waals surface area contributed by atoms with E-state index in [4.69, 9.17) is 9.72 Å². The van der Waals surface area contributed by atoms with Gasteiger partial charge in [-0.3, -0.25) is 9.36 Å². The zero-order valence-electron chi connectivity index (χ0n) is 24.2. The Bertz CT molecular complexity index is 1490. The smallest absolute Gasteiger partial charge is 0.322 e. The predicted molar refractivity (Wildman–Crippen MR) is 162 cm³/mol. The van der Waals surface area contributed by atoms with Gasteiger partial charge >= 0.3 is 6.03 Å². The van der Waals surface area contributed by atoms with Crippen LogP contribution in [0.15, 0.2) is 77.6 Å². The molecular formula is C32H39N5O3. The van der Waals surface area contributed by atoms with E-state index in [1.165, 1.54) is 5.56 Å². The maximum atomic E-state index is 13.9. The number of rotatable bonds is 10. The molecule has 40 heavy (non-hydrogen) atoms. The van der Waals surface area contributed by atoms with Crippen molar-refractivity contribution in [3.63, 3.8) is 0 Å². The maximum absolute atomic E-state index is 13.9. The monoisotopic (exact) mass is 541 g/mol. The van der Waals surface area contributed by atoms with Crippen molar-refractivity contribution < 1.29 is 9.53 Å². The molecule has 2 amide bonds. The molecule has 0 spiro atoms. The summed E-state index contributed by atoms with van der Waals surface area (Å²) >= 11 is 0. The average Bonchev–Trinajstić information content (AvgIpc) is 2.95. The van der Waals surface area contributed by atoms with Gasteiger partial charge in [-0.25, -0.2) is 9.78 Å². The van der Waals surface area contributed by atoms with E-state index in [1.54, 1.807) is 22.6 Å². The zero-order chi connectivity index (χ0) is 28.8. The summed E-state index contributed by atoms with van der Waals surface area (Å²) in [7, 11) is 5.56. The van der Waals surface area contributed by atoms with Gasteiger partial charge in [0.15, 0.2) is 0 Å². The first-order valence-electron chi connectivity index (χ1n) is 13.7. The topological polar surface area (TPSA) is 79.7 Å². The van der Waals surface area contributed by atoms with Gasteiger partial charge in [-0.05, 0) is 80.5 Å². The minimum Gasteiger partial charge on any atom is -0.497 e. The molecule has 0 aliphatic heterocycles. The summed E-state index contributed by atoms with van der Waals surface area (Å²) < 4.78 is 6.96. The molecule has 0 radical (unpaired) electrons. The van der Waals surface area contributed by atoms with Gasteiger partial charge in [0.2, 0.25) is 0 Å². The van der Waals surface area contributed by atoms with Crippen molar-refractivity contribution in [2.24, 2.45) is 0 Å². The fourth-order valence-corrected chi connectivity index (χ4v) is 4.75. The second-order valence-corrected chi connectivity index (χ2v) is 10.5. The number of anilines is 1. The number of hydrogen-bond donors (Lipinski definition) is 1. The minimum atomic E-state index is -0.464. The van der Waals surface area contributed by atoms with Crippen LogP contribution in [0.1, 0.15) is 50.5 Å². The first kappa shape index (κ1) is 28.8. The van der Waals surface area contributed by atoms with Crippen molar-refractivity contribution in [2.45, 2.75) is 39.2 Å². The molecule has 1 heterocycles. The number of benzene rings is 3. The molecule has 210 valence electrons. The molecule has 0 aliphatic rings. The number of urea groups is 1. The zero-order valence-corrected chi connectivity index (χ0v) is 24.2. The van der Waals surface area contributed by atoms with Crippen LogP contribution in [-0.4, -0.2) is 59.7 Å². The fourth-order valence-electron chi connectivity index (χ4n) is 4.75. The Balaban J connectivity index is 1.82. The highest BCUT2D eigenvalue weighted by Gasteiger charge is 2.29. The summed E-state index contributed by atoms with van der Waals surface area (Å²) in [4.78, 5) is 36.6. The lowest BCUT2D eigenvalue weighted by Gasteiger charge is -2.33. The molecule has 0 aliphatic carbocycles. The molecular weight excluding hydrogens is 502 g/mol. The number of ether oxygens (including phenoxy) is 1.